The maximum absolute atomic E-state index is 12.8. The second kappa shape index (κ2) is 7.76. The highest BCUT2D eigenvalue weighted by Gasteiger charge is 2.31. The number of hydrogen-bond acceptors (Lipinski definition) is 4. The molecule has 1 aromatic rings. The van der Waals surface area contributed by atoms with Gasteiger partial charge in [0.05, 0.1) is 0 Å². The van der Waals surface area contributed by atoms with Gasteiger partial charge in [-0.2, -0.15) is 0 Å². The highest BCUT2D eigenvalue weighted by molar-refractivity contribution is 5.94. The average Bonchev–Trinajstić information content (AvgIpc) is 3.32. The number of nitrogens with zero attached hydrogens (tertiary/aromatic N) is 3. The van der Waals surface area contributed by atoms with Crippen molar-refractivity contribution in [2.24, 2.45) is 0 Å². The van der Waals surface area contributed by atoms with Crippen molar-refractivity contribution in [1.29, 1.82) is 0 Å². The SMILES string of the molecule is O=C1CCCN1Cc1ccc(C(=O)N2CCC(N3CCNCC3)C2)cc1. The number of amides is 2. The van der Waals surface area contributed by atoms with Gasteiger partial charge in [0.1, 0.15) is 0 Å². The first-order valence-electron chi connectivity index (χ1n) is 9.81. The van der Waals surface area contributed by atoms with Gasteiger partial charge in [-0.1, -0.05) is 12.1 Å². The molecule has 0 aliphatic carbocycles. The number of nitrogens with one attached hydrogen (secondary N) is 1. The van der Waals surface area contributed by atoms with Crippen molar-refractivity contribution in [1.82, 2.24) is 20.0 Å². The Bertz CT molecular complexity index is 654. The lowest BCUT2D eigenvalue weighted by atomic mass is 10.1. The molecule has 6 heteroatoms. The molecule has 0 bridgehead atoms. The minimum absolute atomic E-state index is 0.131. The molecule has 1 unspecified atom stereocenters. The summed E-state index contributed by atoms with van der Waals surface area (Å²) in [6.07, 6.45) is 2.69. The molecule has 140 valence electrons. The molecule has 1 aromatic carbocycles. The zero-order valence-corrected chi connectivity index (χ0v) is 15.3. The fourth-order valence-electron chi connectivity index (χ4n) is 4.30. The summed E-state index contributed by atoms with van der Waals surface area (Å²) in [6.45, 7) is 7.44. The Balaban J connectivity index is 1.33. The summed E-state index contributed by atoms with van der Waals surface area (Å²) in [7, 11) is 0. The first kappa shape index (κ1) is 17.5. The summed E-state index contributed by atoms with van der Waals surface area (Å²) in [5.41, 5.74) is 1.85. The van der Waals surface area contributed by atoms with Gasteiger partial charge in [0.2, 0.25) is 5.91 Å². The molecule has 0 radical (unpaired) electrons. The second-order valence-electron chi connectivity index (χ2n) is 7.60. The molecule has 1 atom stereocenters. The Kier molecular flexibility index (Phi) is 5.22. The van der Waals surface area contributed by atoms with E-state index in [-0.39, 0.29) is 11.8 Å². The van der Waals surface area contributed by atoms with Crippen LogP contribution in [-0.2, 0) is 11.3 Å². The van der Waals surface area contributed by atoms with E-state index in [2.05, 4.69) is 10.2 Å². The monoisotopic (exact) mass is 356 g/mol. The number of carbonyl (C=O) groups is 2. The van der Waals surface area contributed by atoms with E-state index in [0.29, 0.717) is 19.0 Å². The molecule has 4 rings (SSSR count). The fraction of sp³-hybridized carbons (Fsp3) is 0.600. The summed E-state index contributed by atoms with van der Waals surface area (Å²) in [5.74, 6) is 0.368. The van der Waals surface area contributed by atoms with E-state index in [4.69, 9.17) is 0 Å². The molecule has 26 heavy (non-hydrogen) atoms. The number of carbonyl (C=O) groups excluding carboxylic acids is 2. The third kappa shape index (κ3) is 3.76. The summed E-state index contributed by atoms with van der Waals surface area (Å²) in [5, 5.41) is 3.38. The van der Waals surface area contributed by atoms with Crippen molar-refractivity contribution >= 4 is 11.8 Å². The molecule has 0 saturated carbocycles. The lowest BCUT2D eigenvalue weighted by Crippen LogP contribution is -2.49. The Morgan fingerprint density at radius 1 is 1.08 bits per heavy atom. The summed E-state index contributed by atoms with van der Waals surface area (Å²) < 4.78 is 0. The lowest BCUT2D eigenvalue weighted by Gasteiger charge is -2.32. The van der Waals surface area contributed by atoms with E-state index in [1.54, 1.807) is 0 Å². The van der Waals surface area contributed by atoms with E-state index in [0.717, 1.165) is 69.8 Å². The van der Waals surface area contributed by atoms with Crippen molar-refractivity contribution in [2.75, 3.05) is 45.8 Å². The maximum Gasteiger partial charge on any atom is 0.253 e. The van der Waals surface area contributed by atoms with E-state index >= 15 is 0 Å². The third-order valence-corrected chi connectivity index (χ3v) is 5.86. The van der Waals surface area contributed by atoms with Gasteiger partial charge >= 0.3 is 0 Å². The topological polar surface area (TPSA) is 55.9 Å². The highest BCUT2D eigenvalue weighted by atomic mass is 16.2. The Morgan fingerprint density at radius 2 is 1.85 bits per heavy atom. The van der Waals surface area contributed by atoms with Crippen LogP contribution >= 0.6 is 0 Å². The number of rotatable bonds is 4. The zero-order chi connectivity index (χ0) is 17.9. The van der Waals surface area contributed by atoms with Gasteiger partial charge in [-0.15, -0.1) is 0 Å². The lowest BCUT2D eigenvalue weighted by molar-refractivity contribution is -0.128. The first-order valence-corrected chi connectivity index (χ1v) is 9.81. The van der Waals surface area contributed by atoms with Crippen molar-refractivity contribution in [2.45, 2.75) is 31.8 Å². The van der Waals surface area contributed by atoms with Gasteiger partial charge in [-0.25, -0.2) is 0 Å². The van der Waals surface area contributed by atoms with E-state index < -0.39 is 0 Å². The van der Waals surface area contributed by atoms with Crippen LogP contribution in [0.4, 0.5) is 0 Å². The molecule has 3 saturated heterocycles. The van der Waals surface area contributed by atoms with Crippen LogP contribution in [0, 0.1) is 0 Å². The van der Waals surface area contributed by atoms with Crippen molar-refractivity contribution < 1.29 is 9.59 Å². The Morgan fingerprint density at radius 3 is 2.54 bits per heavy atom. The summed E-state index contributed by atoms with van der Waals surface area (Å²) in [4.78, 5) is 31.0. The van der Waals surface area contributed by atoms with Crippen LogP contribution in [-0.4, -0.2) is 78.4 Å². The third-order valence-electron chi connectivity index (χ3n) is 5.86. The maximum atomic E-state index is 12.8. The van der Waals surface area contributed by atoms with Crippen LogP contribution in [0.2, 0.25) is 0 Å². The standard InChI is InChI=1S/C20H28N4O2/c25-19-2-1-10-23(19)14-16-3-5-17(6-4-16)20(26)24-11-7-18(15-24)22-12-8-21-9-13-22/h3-6,18,21H,1-2,7-15H2. The zero-order valence-electron chi connectivity index (χ0n) is 15.3. The molecule has 3 aliphatic rings. The van der Waals surface area contributed by atoms with Crippen LogP contribution < -0.4 is 5.32 Å². The fourth-order valence-corrected chi connectivity index (χ4v) is 4.30. The van der Waals surface area contributed by atoms with Gasteiger partial charge in [0, 0.05) is 70.4 Å². The molecule has 6 nitrogen and oxygen atoms in total. The molecule has 3 heterocycles. The first-order chi connectivity index (χ1) is 12.7. The minimum atomic E-state index is 0.131. The van der Waals surface area contributed by atoms with Gasteiger partial charge in [-0.05, 0) is 30.5 Å². The van der Waals surface area contributed by atoms with Crippen molar-refractivity contribution in [3.63, 3.8) is 0 Å². The van der Waals surface area contributed by atoms with Crippen LogP contribution in [0.5, 0.6) is 0 Å². The van der Waals surface area contributed by atoms with Crippen molar-refractivity contribution in [3.8, 4) is 0 Å². The van der Waals surface area contributed by atoms with E-state index in [1.165, 1.54) is 0 Å². The summed E-state index contributed by atoms with van der Waals surface area (Å²) in [6, 6.07) is 8.31. The molecule has 1 N–H and O–H groups in total. The summed E-state index contributed by atoms with van der Waals surface area (Å²) >= 11 is 0. The number of hydrogen-bond donors (Lipinski definition) is 1. The molecule has 3 aliphatic heterocycles. The Hall–Kier alpha value is -1.92. The molecular weight excluding hydrogens is 328 g/mol. The number of piperazine rings is 1. The van der Waals surface area contributed by atoms with Crippen LogP contribution in [0.25, 0.3) is 0 Å². The van der Waals surface area contributed by atoms with Gasteiger partial charge in [-0.3, -0.25) is 14.5 Å². The van der Waals surface area contributed by atoms with Crippen LogP contribution in [0.15, 0.2) is 24.3 Å². The quantitative estimate of drug-likeness (QED) is 0.872. The predicted octanol–water partition coefficient (Wildman–Crippen LogP) is 0.929. The molecule has 0 aromatic heterocycles. The normalized spacial score (nSPS) is 24.5. The Labute approximate surface area is 155 Å². The van der Waals surface area contributed by atoms with Gasteiger partial charge in [0.25, 0.3) is 5.91 Å². The molecule has 2 amide bonds. The molecular formula is C20H28N4O2. The largest absolute Gasteiger partial charge is 0.338 e. The van der Waals surface area contributed by atoms with Gasteiger partial charge in [0.15, 0.2) is 0 Å². The minimum Gasteiger partial charge on any atom is -0.338 e. The van der Waals surface area contributed by atoms with Crippen LogP contribution in [0.1, 0.15) is 35.2 Å². The second-order valence-corrected chi connectivity index (χ2v) is 7.60. The van der Waals surface area contributed by atoms with Crippen molar-refractivity contribution in [3.05, 3.63) is 35.4 Å². The number of benzene rings is 1. The predicted molar refractivity (Wildman–Crippen MR) is 99.8 cm³/mol. The smallest absolute Gasteiger partial charge is 0.253 e. The van der Waals surface area contributed by atoms with E-state index in [1.807, 2.05) is 34.1 Å². The van der Waals surface area contributed by atoms with E-state index in [9.17, 15) is 9.59 Å². The molecule has 3 fully saturated rings. The number of likely N-dealkylation sites (tertiary alicyclic amines) is 2. The average molecular weight is 356 g/mol. The highest BCUT2D eigenvalue weighted by Crippen LogP contribution is 2.20. The van der Waals surface area contributed by atoms with Crippen LogP contribution in [0.3, 0.4) is 0 Å². The molecule has 0 spiro atoms. The van der Waals surface area contributed by atoms with Gasteiger partial charge < -0.3 is 15.1 Å².